The first-order chi connectivity index (χ1) is 8.99. The summed E-state index contributed by atoms with van der Waals surface area (Å²) in [7, 11) is 1.55. The molecule has 1 atom stereocenters. The van der Waals surface area contributed by atoms with E-state index in [0.29, 0.717) is 22.0 Å². The molecule has 1 aromatic rings. The number of carbonyl (C=O) groups is 1. The minimum atomic E-state index is -0.0232. The topological polar surface area (TPSA) is 64.4 Å². The minimum absolute atomic E-state index is 0.0109. The molecule has 1 unspecified atom stereocenters. The van der Waals surface area contributed by atoms with Gasteiger partial charge in [0, 0.05) is 11.5 Å². The van der Waals surface area contributed by atoms with Crippen LogP contribution >= 0.6 is 12.2 Å². The standard InChI is InChI=1S/C14H20N2O2S/c1-4-5-9(2)14(17)16-11-7-6-10(13(15)19)8-12(11)18-3/h6-9H,4-5H2,1-3H3,(H2,15,19)(H,16,17). The van der Waals surface area contributed by atoms with E-state index < -0.39 is 0 Å². The molecular formula is C14H20N2O2S. The van der Waals surface area contributed by atoms with Crippen LogP contribution in [-0.2, 0) is 4.79 Å². The average Bonchev–Trinajstić information content (AvgIpc) is 2.39. The van der Waals surface area contributed by atoms with Gasteiger partial charge in [0.05, 0.1) is 12.8 Å². The number of carbonyl (C=O) groups excluding carboxylic acids is 1. The minimum Gasteiger partial charge on any atom is -0.495 e. The van der Waals surface area contributed by atoms with Crippen molar-refractivity contribution in [3.8, 4) is 5.75 Å². The van der Waals surface area contributed by atoms with Crippen molar-refractivity contribution in [3.63, 3.8) is 0 Å². The molecular weight excluding hydrogens is 260 g/mol. The Morgan fingerprint density at radius 2 is 2.21 bits per heavy atom. The van der Waals surface area contributed by atoms with Gasteiger partial charge in [-0.05, 0) is 24.6 Å². The lowest BCUT2D eigenvalue weighted by molar-refractivity contribution is -0.119. The first-order valence-corrected chi connectivity index (χ1v) is 6.69. The van der Waals surface area contributed by atoms with Gasteiger partial charge in [0.2, 0.25) is 5.91 Å². The number of anilines is 1. The fourth-order valence-electron chi connectivity index (χ4n) is 1.77. The fraction of sp³-hybridized carbons (Fsp3) is 0.429. The number of hydrogen-bond acceptors (Lipinski definition) is 3. The molecule has 0 aliphatic carbocycles. The fourth-order valence-corrected chi connectivity index (χ4v) is 1.89. The number of methoxy groups -OCH3 is 1. The van der Waals surface area contributed by atoms with Gasteiger partial charge in [-0.2, -0.15) is 0 Å². The Balaban J connectivity index is 2.89. The predicted octanol–water partition coefficient (Wildman–Crippen LogP) is 2.70. The number of ether oxygens (including phenoxy) is 1. The van der Waals surface area contributed by atoms with Gasteiger partial charge >= 0.3 is 0 Å². The van der Waals surface area contributed by atoms with Gasteiger partial charge in [-0.3, -0.25) is 4.79 Å². The van der Waals surface area contributed by atoms with E-state index in [4.69, 9.17) is 22.7 Å². The summed E-state index contributed by atoms with van der Waals surface area (Å²) < 4.78 is 5.25. The Morgan fingerprint density at radius 1 is 1.53 bits per heavy atom. The highest BCUT2D eigenvalue weighted by molar-refractivity contribution is 7.80. The molecule has 0 saturated carbocycles. The van der Waals surface area contributed by atoms with Crippen molar-refractivity contribution in [1.29, 1.82) is 0 Å². The predicted molar refractivity (Wildman–Crippen MR) is 81.6 cm³/mol. The Kier molecular flexibility index (Phi) is 5.76. The summed E-state index contributed by atoms with van der Waals surface area (Å²) in [5.41, 5.74) is 6.91. The monoisotopic (exact) mass is 280 g/mol. The zero-order chi connectivity index (χ0) is 14.4. The first kappa shape index (κ1) is 15.4. The first-order valence-electron chi connectivity index (χ1n) is 6.28. The average molecular weight is 280 g/mol. The largest absolute Gasteiger partial charge is 0.495 e. The van der Waals surface area contributed by atoms with Crippen molar-refractivity contribution in [2.45, 2.75) is 26.7 Å². The summed E-state index contributed by atoms with van der Waals surface area (Å²) in [6, 6.07) is 5.25. The molecule has 5 heteroatoms. The zero-order valence-electron chi connectivity index (χ0n) is 11.5. The van der Waals surface area contributed by atoms with Crippen molar-refractivity contribution < 1.29 is 9.53 Å². The number of amides is 1. The van der Waals surface area contributed by atoms with Crippen LogP contribution in [0.3, 0.4) is 0 Å². The number of thiocarbonyl (C=S) groups is 1. The van der Waals surface area contributed by atoms with Crippen LogP contribution in [-0.4, -0.2) is 18.0 Å². The van der Waals surface area contributed by atoms with E-state index in [9.17, 15) is 4.79 Å². The summed E-state index contributed by atoms with van der Waals surface area (Å²) >= 11 is 4.91. The molecule has 1 rings (SSSR count). The van der Waals surface area contributed by atoms with Crippen molar-refractivity contribution in [2.24, 2.45) is 11.7 Å². The molecule has 0 saturated heterocycles. The molecule has 0 spiro atoms. The third-order valence-electron chi connectivity index (χ3n) is 2.91. The maximum atomic E-state index is 12.0. The Morgan fingerprint density at radius 3 is 2.74 bits per heavy atom. The molecule has 1 amide bonds. The number of nitrogens with two attached hydrogens (primary N) is 1. The molecule has 3 N–H and O–H groups in total. The lowest BCUT2D eigenvalue weighted by Gasteiger charge is -2.14. The van der Waals surface area contributed by atoms with Crippen LogP contribution in [0.15, 0.2) is 18.2 Å². The van der Waals surface area contributed by atoms with Crippen molar-refractivity contribution in [2.75, 3.05) is 12.4 Å². The van der Waals surface area contributed by atoms with E-state index in [2.05, 4.69) is 12.2 Å². The molecule has 0 bridgehead atoms. The second kappa shape index (κ2) is 7.09. The van der Waals surface area contributed by atoms with Crippen LogP contribution in [0.2, 0.25) is 0 Å². The normalized spacial score (nSPS) is 11.7. The lowest BCUT2D eigenvalue weighted by atomic mass is 10.1. The van der Waals surface area contributed by atoms with Crippen LogP contribution in [0.25, 0.3) is 0 Å². The number of hydrogen-bond donors (Lipinski definition) is 2. The van der Waals surface area contributed by atoms with E-state index >= 15 is 0 Å². The summed E-state index contributed by atoms with van der Waals surface area (Å²) in [4.78, 5) is 12.3. The van der Waals surface area contributed by atoms with Crippen LogP contribution in [0, 0.1) is 5.92 Å². The SMILES string of the molecule is CCCC(C)C(=O)Nc1ccc(C(N)=S)cc1OC. The van der Waals surface area contributed by atoms with Gasteiger partial charge in [-0.1, -0.05) is 32.5 Å². The Hall–Kier alpha value is -1.62. The second-order valence-electron chi connectivity index (χ2n) is 4.46. The molecule has 0 aliphatic heterocycles. The van der Waals surface area contributed by atoms with Gasteiger partial charge in [0.15, 0.2) is 0 Å². The third kappa shape index (κ3) is 4.21. The van der Waals surface area contributed by atoms with E-state index in [1.165, 1.54) is 0 Å². The van der Waals surface area contributed by atoms with E-state index in [-0.39, 0.29) is 11.8 Å². The van der Waals surface area contributed by atoms with Gasteiger partial charge in [0.25, 0.3) is 0 Å². The quantitative estimate of drug-likeness (QED) is 0.786. The molecule has 4 nitrogen and oxygen atoms in total. The highest BCUT2D eigenvalue weighted by Crippen LogP contribution is 2.26. The number of nitrogens with one attached hydrogen (secondary N) is 1. The smallest absolute Gasteiger partial charge is 0.227 e. The van der Waals surface area contributed by atoms with E-state index in [0.717, 1.165) is 12.8 Å². The summed E-state index contributed by atoms with van der Waals surface area (Å²) in [6.45, 7) is 3.97. The van der Waals surface area contributed by atoms with E-state index in [1.807, 2.05) is 6.92 Å². The van der Waals surface area contributed by atoms with Crippen LogP contribution in [0.5, 0.6) is 5.75 Å². The molecule has 0 aromatic heterocycles. The molecule has 0 fully saturated rings. The number of rotatable bonds is 6. The maximum Gasteiger partial charge on any atom is 0.227 e. The summed E-state index contributed by atoms with van der Waals surface area (Å²) in [5, 5.41) is 2.86. The van der Waals surface area contributed by atoms with E-state index in [1.54, 1.807) is 25.3 Å². The van der Waals surface area contributed by atoms with Crippen molar-refractivity contribution >= 4 is 28.8 Å². The molecule has 104 valence electrons. The van der Waals surface area contributed by atoms with Gasteiger partial charge < -0.3 is 15.8 Å². The zero-order valence-corrected chi connectivity index (χ0v) is 12.3. The highest BCUT2D eigenvalue weighted by Gasteiger charge is 2.14. The number of benzene rings is 1. The maximum absolute atomic E-state index is 12.0. The summed E-state index contributed by atoms with van der Waals surface area (Å²) in [6.07, 6.45) is 1.84. The molecule has 1 aromatic carbocycles. The molecule has 0 aliphatic rings. The van der Waals surface area contributed by atoms with Crippen LogP contribution in [0.4, 0.5) is 5.69 Å². The van der Waals surface area contributed by atoms with Gasteiger partial charge in [0.1, 0.15) is 10.7 Å². The molecule has 0 radical (unpaired) electrons. The van der Waals surface area contributed by atoms with Crippen molar-refractivity contribution in [3.05, 3.63) is 23.8 Å². The van der Waals surface area contributed by atoms with Crippen LogP contribution in [0.1, 0.15) is 32.3 Å². The Bertz CT molecular complexity index is 475. The second-order valence-corrected chi connectivity index (χ2v) is 4.90. The third-order valence-corrected chi connectivity index (χ3v) is 3.15. The Labute approximate surface area is 119 Å². The van der Waals surface area contributed by atoms with Gasteiger partial charge in [-0.25, -0.2) is 0 Å². The molecule has 19 heavy (non-hydrogen) atoms. The highest BCUT2D eigenvalue weighted by atomic mass is 32.1. The lowest BCUT2D eigenvalue weighted by Crippen LogP contribution is -2.20. The van der Waals surface area contributed by atoms with Crippen LogP contribution < -0.4 is 15.8 Å². The summed E-state index contributed by atoms with van der Waals surface area (Å²) in [5.74, 6) is 0.524. The van der Waals surface area contributed by atoms with Crippen molar-refractivity contribution in [1.82, 2.24) is 0 Å². The molecule has 0 heterocycles. The van der Waals surface area contributed by atoms with Gasteiger partial charge in [-0.15, -0.1) is 0 Å².